The largest absolute Gasteiger partial charge is 0.444 e. The summed E-state index contributed by atoms with van der Waals surface area (Å²) in [5, 5.41) is 9.66. The Hall–Kier alpha value is -3.13. The summed E-state index contributed by atoms with van der Waals surface area (Å²) in [5.41, 5.74) is 3.06. The van der Waals surface area contributed by atoms with Crippen molar-refractivity contribution in [2.75, 3.05) is 13.1 Å². The summed E-state index contributed by atoms with van der Waals surface area (Å²) in [6.07, 6.45) is 2.86. The van der Waals surface area contributed by atoms with E-state index in [9.17, 15) is 9.59 Å². The number of rotatable bonds is 5. The lowest BCUT2D eigenvalue weighted by Gasteiger charge is -2.34. The van der Waals surface area contributed by atoms with Gasteiger partial charge in [0.15, 0.2) is 0 Å². The SMILES string of the molecule is Cc1ccc(-n2ncc(C(=O)NCc3cccs3)c2C2CCN(C(=O)OC(C)(C)C)CC2)cc1. The number of aryl methyl sites for hydroxylation is 1. The predicted molar refractivity (Wildman–Crippen MR) is 134 cm³/mol. The topological polar surface area (TPSA) is 76.5 Å². The number of hydrogen-bond donors (Lipinski definition) is 1. The molecule has 1 saturated heterocycles. The fourth-order valence-electron chi connectivity index (χ4n) is 4.16. The second kappa shape index (κ2) is 10.0. The molecule has 1 fully saturated rings. The molecule has 1 aliphatic heterocycles. The number of thiophene rings is 1. The van der Waals surface area contributed by atoms with Gasteiger partial charge in [-0.25, -0.2) is 9.48 Å². The molecule has 0 atom stereocenters. The molecular weight excluding hydrogens is 448 g/mol. The van der Waals surface area contributed by atoms with Gasteiger partial charge < -0.3 is 15.0 Å². The number of nitrogens with zero attached hydrogens (tertiary/aromatic N) is 3. The lowest BCUT2D eigenvalue weighted by molar-refractivity contribution is 0.0203. The molecule has 0 unspecified atom stereocenters. The van der Waals surface area contributed by atoms with Gasteiger partial charge in [0.1, 0.15) is 5.60 Å². The highest BCUT2D eigenvalue weighted by Gasteiger charge is 2.32. The van der Waals surface area contributed by atoms with E-state index in [4.69, 9.17) is 4.74 Å². The summed E-state index contributed by atoms with van der Waals surface area (Å²) in [7, 11) is 0. The Morgan fingerprint density at radius 2 is 1.85 bits per heavy atom. The highest BCUT2D eigenvalue weighted by Crippen LogP contribution is 2.33. The van der Waals surface area contributed by atoms with Crippen LogP contribution >= 0.6 is 11.3 Å². The van der Waals surface area contributed by atoms with Crippen molar-refractivity contribution in [2.24, 2.45) is 0 Å². The average Bonchev–Trinajstić information content (AvgIpc) is 3.47. The third-order valence-corrected chi connectivity index (χ3v) is 6.74. The third kappa shape index (κ3) is 5.67. The van der Waals surface area contributed by atoms with E-state index in [2.05, 4.69) is 10.4 Å². The monoisotopic (exact) mass is 480 g/mol. The van der Waals surface area contributed by atoms with E-state index in [1.165, 1.54) is 0 Å². The lowest BCUT2D eigenvalue weighted by Crippen LogP contribution is -2.41. The molecule has 3 aromatic rings. The number of carbonyl (C=O) groups excluding carboxylic acids is 2. The average molecular weight is 481 g/mol. The van der Waals surface area contributed by atoms with Crippen molar-refractivity contribution in [3.05, 3.63) is 69.7 Å². The van der Waals surface area contributed by atoms with Crippen molar-refractivity contribution in [3.8, 4) is 5.69 Å². The number of ether oxygens (including phenoxy) is 1. The summed E-state index contributed by atoms with van der Waals surface area (Å²) < 4.78 is 7.43. The van der Waals surface area contributed by atoms with Gasteiger partial charge in [0.25, 0.3) is 5.91 Å². The van der Waals surface area contributed by atoms with Crippen LogP contribution in [-0.4, -0.2) is 45.4 Å². The Labute approximate surface area is 204 Å². The van der Waals surface area contributed by atoms with Crippen LogP contribution in [0.25, 0.3) is 5.69 Å². The number of aromatic nitrogens is 2. The fraction of sp³-hybridized carbons (Fsp3) is 0.423. The first-order valence-corrected chi connectivity index (χ1v) is 12.5. The van der Waals surface area contributed by atoms with E-state index in [1.54, 1.807) is 22.4 Å². The maximum Gasteiger partial charge on any atom is 0.410 e. The molecule has 3 heterocycles. The van der Waals surface area contributed by atoms with Crippen LogP contribution in [0.4, 0.5) is 4.79 Å². The number of benzene rings is 1. The summed E-state index contributed by atoms with van der Waals surface area (Å²) in [5.74, 6) is -0.0266. The zero-order valence-electron chi connectivity index (χ0n) is 20.2. The molecule has 2 aromatic heterocycles. The van der Waals surface area contributed by atoms with E-state index in [-0.39, 0.29) is 17.9 Å². The summed E-state index contributed by atoms with van der Waals surface area (Å²) in [4.78, 5) is 28.6. The molecule has 7 nitrogen and oxygen atoms in total. The molecule has 0 saturated carbocycles. The normalized spacial score (nSPS) is 14.8. The molecule has 2 amide bonds. The van der Waals surface area contributed by atoms with Crippen molar-refractivity contribution >= 4 is 23.3 Å². The highest BCUT2D eigenvalue weighted by molar-refractivity contribution is 7.09. The lowest BCUT2D eigenvalue weighted by atomic mass is 9.91. The first-order chi connectivity index (χ1) is 16.2. The molecule has 0 radical (unpaired) electrons. The van der Waals surface area contributed by atoms with E-state index in [0.29, 0.717) is 25.2 Å². The van der Waals surface area contributed by atoms with Crippen molar-refractivity contribution in [1.82, 2.24) is 20.0 Å². The Morgan fingerprint density at radius 3 is 2.47 bits per heavy atom. The number of carbonyl (C=O) groups is 2. The first kappa shape index (κ1) is 24.0. The van der Waals surface area contributed by atoms with Crippen LogP contribution in [0.15, 0.2) is 48.0 Å². The number of nitrogens with one attached hydrogen (secondary N) is 1. The smallest absolute Gasteiger partial charge is 0.410 e. The minimum Gasteiger partial charge on any atom is -0.444 e. The van der Waals surface area contributed by atoms with Gasteiger partial charge in [-0.05, 0) is 64.1 Å². The van der Waals surface area contributed by atoms with Gasteiger partial charge in [0, 0.05) is 23.9 Å². The Balaban J connectivity index is 1.56. The molecule has 1 N–H and O–H groups in total. The quantitative estimate of drug-likeness (QED) is 0.539. The van der Waals surface area contributed by atoms with Crippen LogP contribution in [0.1, 0.15) is 66.0 Å². The second-order valence-electron chi connectivity index (χ2n) is 9.69. The number of amides is 2. The molecule has 0 aliphatic carbocycles. The molecular formula is C26H32N4O3S. The van der Waals surface area contributed by atoms with Gasteiger partial charge in [-0.1, -0.05) is 23.8 Å². The second-order valence-corrected chi connectivity index (χ2v) is 10.7. The van der Waals surface area contributed by atoms with Gasteiger partial charge in [-0.2, -0.15) is 5.10 Å². The molecule has 8 heteroatoms. The van der Waals surface area contributed by atoms with Crippen molar-refractivity contribution in [2.45, 2.75) is 58.6 Å². The Bertz CT molecular complexity index is 1120. The van der Waals surface area contributed by atoms with Gasteiger partial charge in [-0.15, -0.1) is 11.3 Å². The number of piperidine rings is 1. The molecule has 4 rings (SSSR count). The summed E-state index contributed by atoms with van der Waals surface area (Å²) in [6, 6.07) is 12.1. The van der Waals surface area contributed by atoms with Crippen molar-refractivity contribution in [3.63, 3.8) is 0 Å². The molecule has 34 heavy (non-hydrogen) atoms. The van der Waals surface area contributed by atoms with E-state index in [1.807, 2.05) is 74.2 Å². The molecule has 0 spiro atoms. The van der Waals surface area contributed by atoms with E-state index in [0.717, 1.165) is 34.7 Å². The standard InChI is InChI=1S/C26H32N4O3S/c1-18-7-9-20(10-8-18)30-23(19-11-13-29(14-12-19)25(32)33-26(2,3)4)22(17-28-30)24(31)27-16-21-6-5-15-34-21/h5-10,15,17,19H,11-14,16H2,1-4H3,(H,27,31). The fourth-order valence-corrected chi connectivity index (χ4v) is 4.80. The summed E-state index contributed by atoms with van der Waals surface area (Å²) in [6.45, 7) is 9.31. The van der Waals surface area contributed by atoms with E-state index < -0.39 is 5.60 Å². The predicted octanol–water partition coefficient (Wildman–Crippen LogP) is 5.29. The Kier molecular flexibility index (Phi) is 7.07. The van der Waals surface area contributed by atoms with Gasteiger partial charge in [-0.3, -0.25) is 4.79 Å². The van der Waals surface area contributed by atoms with Crippen molar-refractivity contribution in [1.29, 1.82) is 0 Å². The van der Waals surface area contributed by atoms with Crippen molar-refractivity contribution < 1.29 is 14.3 Å². The van der Waals surface area contributed by atoms with Crippen LogP contribution < -0.4 is 5.32 Å². The van der Waals surface area contributed by atoms with Gasteiger partial charge in [0.2, 0.25) is 0 Å². The minimum atomic E-state index is -0.522. The van der Waals surface area contributed by atoms with Crippen LogP contribution in [0, 0.1) is 6.92 Å². The molecule has 180 valence electrons. The minimum absolute atomic E-state index is 0.102. The highest BCUT2D eigenvalue weighted by atomic mass is 32.1. The Morgan fingerprint density at radius 1 is 1.15 bits per heavy atom. The molecule has 1 aromatic carbocycles. The zero-order valence-corrected chi connectivity index (χ0v) is 21.0. The molecule has 0 bridgehead atoms. The first-order valence-electron chi connectivity index (χ1n) is 11.6. The maximum atomic E-state index is 13.2. The summed E-state index contributed by atoms with van der Waals surface area (Å²) >= 11 is 1.62. The number of likely N-dealkylation sites (tertiary alicyclic amines) is 1. The molecule has 1 aliphatic rings. The van der Waals surface area contributed by atoms with Crippen LogP contribution in [0.5, 0.6) is 0 Å². The zero-order chi connectivity index (χ0) is 24.3. The maximum absolute atomic E-state index is 13.2. The van der Waals surface area contributed by atoms with Gasteiger partial charge >= 0.3 is 6.09 Å². The number of hydrogen-bond acceptors (Lipinski definition) is 5. The van der Waals surface area contributed by atoms with Crippen LogP contribution in [0.3, 0.4) is 0 Å². The van der Waals surface area contributed by atoms with Crippen LogP contribution in [-0.2, 0) is 11.3 Å². The van der Waals surface area contributed by atoms with Crippen LogP contribution in [0.2, 0.25) is 0 Å². The van der Waals surface area contributed by atoms with Gasteiger partial charge in [0.05, 0.1) is 29.7 Å². The third-order valence-electron chi connectivity index (χ3n) is 5.87. The van der Waals surface area contributed by atoms with E-state index >= 15 is 0 Å².